The summed E-state index contributed by atoms with van der Waals surface area (Å²) in [5.74, 6) is 0.590. The van der Waals surface area contributed by atoms with Crippen molar-refractivity contribution in [1.82, 2.24) is 9.78 Å². The highest BCUT2D eigenvalue weighted by Crippen LogP contribution is 2.27. The van der Waals surface area contributed by atoms with Crippen molar-refractivity contribution >= 4 is 22.5 Å². The second kappa shape index (κ2) is 6.19. The van der Waals surface area contributed by atoms with E-state index in [1.54, 1.807) is 0 Å². The van der Waals surface area contributed by atoms with Crippen LogP contribution in [0.1, 0.15) is 12.0 Å². The highest BCUT2D eigenvalue weighted by molar-refractivity contribution is 8.14. The molecule has 1 aliphatic heterocycles. The zero-order valence-corrected chi connectivity index (χ0v) is 13.0. The SMILES string of the molecule is C=C(O)CSC1=NN=C(c2cnn(C)c2-c2ccccc2)C1. The summed E-state index contributed by atoms with van der Waals surface area (Å²) < 4.78 is 1.86. The number of aryl methyl sites for hydroxylation is 1. The standard InChI is InChI=1S/C16H16N4OS/c1-11(21)10-22-15-8-14(18-19-15)13-9-17-20(2)16(13)12-6-4-3-5-7-12/h3-7,9,21H,1,8,10H2,2H3. The molecule has 3 rings (SSSR count). The minimum Gasteiger partial charge on any atom is -0.512 e. The second-order valence-electron chi connectivity index (χ2n) is 4.97. The van der Waals surface area contributed by atoms with Gasteiger partial charge in [-0.25, -0.2) is 0 Å². The first-order valence-electron chi connectivity index (χ1n) is 6.86. The van der Waals surface area contributed by atoms with Crippen LogP contribution in [-0.4, -0.2) is 31.4 Å². The van der Waals surface area contributed by atoms with Crippen LogP contribution >= 0.6 is 11.8 Å². The minimum absolute atomic E-state index is 0.146. The van der Waals surface area contributed by atoms with Gasteiger partial charge in [0.2, 0.25) is 0 Å². The number of thioether (sulfide) groups is 1. The van der Waals surface area contributed by atoms with E-state index in [0.717, 1.165) is 27.6 Å². The Kier molecular flexibility index (Phi) is 4.11. The van der Waals surface area contributed by atoms with Crippen molar-refractivity contribution in [2.24, 2.45) is 17.3 Å². The Morgan fingerprint density at radius 1 is 1.32 bits per heavy atom. The summed E-state index contributed by atoms with van der Waals surface area (Å²) in [6, 6.07) is 10.1. The van der Waals surface area contributed by atoms with Gasteiger partial charge < -0.3 is 5.11 Å². The van der Waals surface area contributed by atoms with Gasteiger partial charge in [-0.1, -0.05) is 36.9 Å². The van der Waals surface area contributed by atoms with E-state index >= 15 is 0 Å². The molecule has 0 amide bonds. The van der Waals surface area contributed by atoms with E-state index in [9.17, 15) is 5.11 Å². The first-order valence-corrected chi connectivity index (χ1v) is 7.84. The van der Waals surface area contributed by atoms with E-state index in [0.29, 0.717) is 12.2 Å². The van der Waals surface area contributed by atoms with E-state index in [1.807, 2.05) is 36.1 Å². The lowest BCUT2D eigenvalue weighted by Gasteiger charge is -2.06. The molecule has 0 saturated heterocycles. The van der Waals surface area contributed by atoms with E-state index in [4.69, 9.17) is 0 Å². The van der Waals surface area contributed by atoms with Crippen molar-refractivity contribution < 1.29 is 5.11 Å². The summed E-state index contributed by atoms with van der Waals surface area (Å²) in [6.07, 6.45) is 2.48. The molecule has 1 aromatic carbocycles. The molecule has 0 unspecified atom stereocenters. The van der Waals surface area contributed by atoms with Crippen LogP contribution in [0.25, 0.3) is 11.3 Å². The molecule has 0 atom stereocenters. The predicted molar refractivity (Wildman–Crippen MR) is 91.5 cm³/mol. The Morgan fingerprint density at radius 3 is 2.82 bits per heavy atom. The fourth-order valence-corrected chi connectivity index (χ4v) is 2.98. The third kappa shape index (κ3) is 2.96. The average Bonchev–Trinajstić information content (AvgIpc) is 3.12. The van der Waals surface area contributed by atoms with Gasteiger partial charge in [0.05, 0.1) is 29.1 Å². The maximum Gasteiger partial charge on any atom is 0.102 e. The Morgan fingerprint density at radius 2 is 2.09 bits per heavy atom. The molecule has 0 aliphatic carbocycles. The van der Waals surface area contributed by atoms with E-state index in [2.05, 4.69) is 34.0 Å². The quantitative estimate of drug-likeness (QED) is 0.880. The van der Waals surface area contributed by atoms with Gasteiger partial charge in [-0.15, -0.1) is 16.9 Å². The van der Waals surface area contributed by atoms with Crippen molar-refractivity contribution in [2.75, 3.05) is 5.75 Å². The Bertz CT molecular complexity index is 762. The molecule has 22 heavy (non-hydrogen) atoms. The summed E-state index contributed by atoms with van der Waals surface area (Å²) in [4.78, 5) is 0. The van der Waals surface area contributed by atoms with Gasteiger partial charge in [-0.05, 0) is 0 Å². The van der Waals surface area contributed by atoms with Crippen LogP contribution in [-0.2, 0) is 7.05 Å². The summed E-state index contributed by atoms with van der Waals surface area (Å²) in [6.45, 7) is 3.48. The van der Waals surface area contributed by atoms with E-state index in [-0.39, 0.29) is 5.76 Å². The molecule has 112 valence electrons. The summed E-state index contributed by atoms with van der Waals surface area (Å²) in [7, 11) is 1.92. The molecule has 0 saturated carbocycles. The van der Waals surface area contributed by atoms with Gasteiger partial charge >= 0.3 is 0 Å². The lowest BCUT2D eigenvalue weighted by atomic mass is 10.0. The van der Waals surface area contributed by atoms with Crippen molar-refractivity contribution in [3.63, 3.8) is 0 Å². The molecule has 6 heteroatoms. The van der Waals surface area contributed by atoms with Crippen molar-refractivity contribution in [3.8, 4) is 11.3 Å². The lowest BCUT2D eigenvalue weighted by Crippen LogP contribution is -2.04. The Hall–Kier alpha value is -2.34. The highest BCUT2D eigenvalue weighted by Gasteiger charge is 2.21. The van der Waals surface area contributed by atoms with Crippen molar-refractivity contribution in [1.29, 1.82) is 0 Å². The van der Waals surface area contributed by atoms with Crippen LogP contribution in [0.3, 0.4) is 0 Å². The van der Waals surface area contributed by atoms with Crippen LogP contribution in [0, 0.1) is 0 Å². The van der Waals surface area contributed by atoms with Crippen molar-refractivity contribution in [3.05, 3.63) is 54.4 Å². The average molecular weight is 312 g/mol. The molecule has 0 spiro atoms. The number of nitrogens with zero attached hydrogens (tertiary/aromatic N) is 4. The molecule has 1 aliphatic rings. The Balaban J connectivity index is 1.82. The van der Waals surface area contributed by atoms with Crippen LogP contribution in [0.2, 0.25) is 0 Å². The smallest absolute Gasteiger partial charge is 0.102 e. The van der Waals surface area contributed by atoms with Gasteiger partial charge in [0.1, 0.15) is 5.04 Å². The highest BCUT2D eigenvalue weighted by atomic mass is 32.2. The molecule has 2 heterocycles. The van der Waals surface area contributed by atoms with Crippen LogP contribution < -0.4 is 0 Å². The summed E-state index contributed by atoms with van der Waals surface area (Å²) in [5.41, 5.74) is 4.03. The third-order valence-electron chi connectivity index (χ3n) is 3.30. The maximum atomic E-state index is 9.17. The van der Waals surface area contributed by atoms with E-state index in [1.165, 1.54) is 11.8 Å². The number of hydrogen-bond donors (Lipinski definition) is 1. The topological polar surface area (TPSA) is 62.8 Å². The maximum absolute atomic E-state index is 9.17. The van der Waals surface area contributed by atoms with Crippen molar-refractivity contribution in [2.45, 2.75) is 6.42 Å². The molecule has 0 bridgehead atoms. The molecular formula is C16H16N4OS. The number of hydrogen-bond acceptors (Lipinski definition) is 5. The number of aliphatic hydroxyl groups excluding tert-OH is 1. The third-order valence-corrected chi connectivity index (χ3v) is 4.34. The molecular weight excluding hydrogens is 296 g/mol. The molecule has 1 aromatic heterocycles. The fraction of sp³-hybridized carbons (Fsp3) is 0.188. The second-order valence-corrected chi connectivity index (χ2v) is 6.02. The first kappa shape index (κ1) is 14.6. The fourth-order valence-electron chi connectivity index (χ4n) is 2.31. The van der Waals surface area contributed by atoms with Gasteiger partial charge in [-0.3, -0.25) is 4.68 Å². The van der Waals surface area contributed by atoms with Gasteiger partial charge in [0.15, 0.2) is 0 Å². The van der Waals surface area contributed by atoms with Crippen LogP contribution in [0.4, 0.5) is 0 Å². The summed E-state index contributed by atoms with van der Waals surface area (Å²) in [5, 5.41) is 22.9. The minimum atomic E-state index is 0.146. The lowest BCUT2D eigenvalue weighted by molar-refractivity contribution is 0.420. The van der Waals surface area contributed by atoms with Crippen LogP contribution in [0.5, 0.6) is 0 Å². The van der Waals surface area contributed by atoms with Gasteiger partial charge in [-0.2, -0.15) is 10.2 Å². The van der Waals surface area contributed by atoms with Gasteiger partial charge in [0, 0.05) is 24.6 Å². The largest absolute Gasteiger partial charge is 0.512 e. The number of benzene rings is 1. The molecule has 2 aromatic rings. The number of aliphatic hydroxyl groups is 1. The summed E-state index contributed by atoms with van der Waals surface area (Å²) >= 11 is 1.46. The number of aromatic nitrogens is 2. The Labute approximate surface area is 133 Å². The molecule has 5 nitrogen and oxygen atoms in total. The molecule has 0 radical (unpaired) electrons. The zero-order chi connectivity index (χ0) is 15.5. The molecule has 1 N–H and O–H groups in total. The van der Waals surface area contributed by atoms with Gasteiger partial charge in [0.25, 0.3) is 0 Å². The molecule has 0 fully saturated rings. The predicted octanol–water partition coefficient (Wildman–Crippen LogP) is 3.40. The zero-order valence-electron chi connectivity index (χ0n) is 12.2. The first-order chi connectivity index (χ1) is 10.6. The monoisotopic (exact) mass is 312 g/mol. The van der Waals surface area contributed by atoms with Crippen LogP contribution in [0.15, 0.2) is 59.1 Å². The van der Waals surface area contributed by atoms with E-state index < -0.39 is 0 Å². The normalized spacial score (nSPS) is 13.9. The number of rotatable bonds is 4.